The number of sulfone groups is 1. The van der Waals surface area contributed by atoms with E-state index in [9.17, 15) is 22.8 Å². The van der Waals surface area contributed by atoms with Gasteiger partial charge in [0.25, 0.3) is 0 Å². The number of fused-ring (bicyclic) bond motifs is 1. The minimum atomic E-state index is -3.60. The maximum atomic E-state index is 14.4. The zero-order valence-corrected chi connectivity index (χ0v) is 45.7. The first kappa shape index (κ1) is 58.8. The standard InChI is InChI=1S/C57H95N3O7S2/c1-6-9-11-13-15-17-19-21-23-25-27-30-34-47(61)41-50-49-44-68-57(58-55(63)43-59-38-32-29-33-39-59)56(49)51(42-48(62)35-31-28-26-24-22-20-18-16-14-12-10-7-2)60(50)52(45-69(5,64)65)46-36-37-53(66-4)54(40-46)67-8-3/h36-37,40,44,50-52H,6-35,38-39,41-43,45H2,1-5H3,(H,58,63). The van der Waals surface area contributed by atoms with Crippen molar-refractivity contribution in [1.29, 1.82) is 0 Å². The lowest BCUT2D eigenvalue weighted by Gasteiger charge is -2.38. The van der Waals surface area contributed by atoms with E-state index in [0.717, 1.165) is 75.6 Å². The third-order valence-corrected chi connectivity index (χ3v) is 16.3. The van der Waals surface area contributed by atoms with Gasteiger partial charge in [0.2, 0.25) is 5.91 Å². The highest BCUT2D eigenvalue weighted by atomic mass is 32.2. The van der Waals surface area contributed by atoms with Crippen LogP contribution >= 0.6 is 11.3 Å². The Morgan fingerprint density at radius 1 is 0.681 bits per heavy atom. The topological polar surface area (TPSA) is 122 Å². The number of nitrogens with zero attached hydrogens (tertiary/aromatic N) is 2. The van der Waals surface area contributed by atoms with Crippen LogP contribution in [0.4, 0.5) is 5.00 Å². The number of carbonyl (C=O) groups excluding carboxylic acids is 3. The molecule has 0 aliphatic carbocycles. The second-order valence-corrected chi connectivity index (χ2v) is 23.6. The van der Waals surface area contributed by atoms with E-state index in [-0.39, 0.29) is 36.1 Å². The maximum absolute atomic E-state index is 14.4. The lowest BCUT2D eigenvalue weighted by molar-refractivity contribution is -0.121. The van der Waals surface area contributed by atoms with E-state index in [1.54, 1.807) is 7.11 Å². The molecule has 1 N–H and O–H groups in total. The largest absolute Gasteiger partial charge is 0.493 e. The second kappa shape index (κ2) is 33.8. The summed E-state index contributed by atoms with van der Waals surface area (Å²) in [4.78, 5) is 46.8. The maximum Gasteiger partial charge on any atom is 0.239 e. The number of ether oxygens (including phenoxy) is 2. The normalized spacial score (nSPS) is 16.9. The number of carbonyl (C=O) groups is 3. The Morgan fingerprint density at radius 3 is 1.65 bits per heavy atom. The number of nitrogens with one attached hydrogen (secondary N) is 1. The number of methoxy groups -OCH3 is 1. The number of piperidine rings is 1. The molecule has 1 saturated heterocycles. The van der Waals surface area contributed by atoms with E-state index in [1.165, 1.54) is 140 Å². The van der Waals surface area contributed by atoms with Crippen LogP contribution in [0, 0.1) is 0 Å². The average molecular weight is 999 g/mol. The Kier molecular flexibility index (Phi) is 28.8. The Balaban J connectivity index is 1.58. The number of ketones is 2. The number of amides is 1. The summed E-state index contributed by atoms with van der Waals surface area (Å²) in [6.45, 7) is 8.88. The summed E-state index contributed by atoms with van der Waals surface area (Å²) in [5.41, 5.74) is 2.48. The summed E-state index contributed by atoms with van der Waals surface area (Å²) in [6.07, 6.45) is 35.0. The van der Waals surface area contributed by atoms with E-state index in [1.807, 2.05) is 30.5 Å². The minimum Gasteiger partial charge on any atom is -0.493 e. The van der Waals surface area contributed by atoms with Gasteiger partial charge in [0.05, 0.1) is 32.1 Å². The van der Waals surface area contributed by atoms with Crippen molar-refractivity contribution in [1.82, 2.24) is 9.80 Å². The SMILES string of the molecule is CCCCCCCCCCCCCCC(=O)CC1c2csc(NC(=O)CN3CCCCC3)c2C(CC(=O)CCCCCCCCCCCCCC)N1C(CS(C)(=O)=O)c1ccc(OC)c(OCC)c1. The van der Waals surface area contributed by atoms with Gasteiger partial charge in [0.1, 0.15) is 26.4 Å². The van der Waals surface area contributed by atoms with E-state index >= 15 is 0 Å². The number of rotatable bonds is 40. The van der Waals surface area contributed by atoms with E-state index in [4.69, 9.17) is 9.47 Å². The number of hydrogen-bond acceptors (Lipinski definition) is 10. The van der Waals surface area contributed by atoms with Crippen LogP contribution in [0.15, 0.2) is 23.6 Å². The highest BCUT2D eigenvalue weighted by molar-refractivity contribution is 7.90. The molecule has 1 fully saturated rings. The van der Waals surface area contributed by atoms with E-state index in [2.05, 4.69) is 29.0 Å². The van der Waals surface area contributed by atoms with E-state index in [0.29, 0.717) is 48.1 Å². The lowest BCUT2D eigenvalue weighted by atomic mass is 9.97. The van der Waals surface area contributed by atoms with Crippen LogP contribution < -0.4 is 14.8 Å². The Bertz CT molecular complexity index is 1880. The minimum absolute atomic E-state index is 0.0923. The molecule has 4 rings (SSSR count). The second-order valence-electron chi connectivity index (χ2n) is 20.5. The first-order chi connectivity index (χ1) is 33.5. The van der Waals surface area contributed by atoms with Crippen molar-refractivity contribution in [3.63, 3.8) is 0 Å². The van der Waals surface area contributed by atoms with Crippen LogP contribution in [0.5, 0.6) is 11.5 Å². The molecule has 2 aliphatic heterocycles. The monoisotopic (exact) mass is 998 g/mol. The lowest BCUT2D eigenvalue weighted by Crippen LogP contribution is -2.37. The van der Waals surface area contributed by atoms with Crippen molar-refractivity contribution < 1.29 is 32.3 Å². The molecule has 12 heteroatoms. The Morgan fingerprint density at radius 2 is 1.17 bits per heavy atom. The molecule has 1 aromatic heterocycles. The third kappa shape index (κ3) is 21.8. The summed E-state index contributed by atoms with van der Waals surface area (Å²) in [6, 6.07) is 3.82. The van der Waals surface area contributed by atoms with Gasteiger partial charge in [0.15, 0.2) is 11.5 Å². The van der Waals surface area contributed by atoms with Crippen LogP contribution in [-0.2, 0) is 24.2 Å². The fraction of sp³-hybridized carbons (Fsp3) is 0.772. The van der Waals surface area contributed by atoms with Gasteiger partial charge in [-0.3, -0.25) is 24.2 Å². The highest BCUT2D eigenvalue weighted by Crippen LogP contribution is 2.55. The summed E-state index contributed by atoms with van der Waals surface area (Å²) in [5, 5.41) is 6.01. The van der Waals surface area contributed by atoms with Crippen LogP contribution in [0.3, 0.4) is 0 Å². The van der Waals surface area contributed by atoms with Gasteiger partial charge in [-0.15, -0.1) is 11.3 Å². The van der Waals surface area contributed by atoms with Crippen LogP contribution in [0.25, 0.3) is 0 Å². The van der Waals surface area contributed by atoms with Gasteiger partial charge >= 0.3 is 0 Å². The molecule has 1 amide bonds. The number of benzene rings is 1. The van der Waals surface area contributed by atoms with Crippen LogP contribution in [0.1, 0.15) is 255 Å². The quantitative estimate of drug-likeness (QED) is 0.0650. The van der Waals surface area contributed by atoms with Crippen molar-refractivity contribution in [3.05, 3.63) is 40.3 Å². The molecule has 3 unspecified atom stereocenters. The third-order valence-electron chi connectivity index (χ3n) is 14.5. The first-order valence-electron chi connectivity index (χ1n) is 27.9. The van der Waals surface area contributed by atoms with Gasteiger partial charge in [-0.05, 0) is 74.3 Å². The molecule has 0 bridgehead atoms. The molecule has 10 nitrogen and oxygen atoms in total. The number of likely N-dealkylation sites (tertiary alicyclic amines) is 1. The number of anilines is 1. The summed E-state index contributed by atoms with van der Waals surface area (Å²) < 4.78 is 38.8. The number of Topliss-reactive ketones (excluding diaryl/α,β-unsaturated/α-hetero) is 2. The highest BCUT2D eigenvalue weighted by Gasteiger charge is 2.47. The summed E-state index contributed by atoms with van der Waals surface area (Å²) >= 11 is 1.46. The van der Waals surface area contributed by atoms with Crippen LogP contribution in [0.2, 0.25) is 0 Å². The molecular formula is C57H95N3O7S2. The van der Waals surface area contributed by atoms with Gasteiger partial charge < -0.3 is 14.8 Å². The van der Waals surface area contributed by atoms with Gasteiger partial charge in [-0.2, -0.15) is 0 Å². The van der Waals surface area contributed by atoms with Gasteiger partial charge in [0, 0.05) is 49.6 Å². The Hall–Kier alpha value is -2.80. The molecular weight excluding hydrogens is 903 g/mol. The molecule has 2 aromatic rings. The summed E-state index contributed by atoms with van der Waals surface area (Å²) in [7, 11) is -2.01. The van der Waals surface area contributed by atoms with Gasteiger partial charge in [-0.1, -0.05) is 168 Å². The zero-order chi connectivity index (χ0) is 49.7. The van der Waals surface area contributed by atoms with E-state index < -0.39 is 28.0 Å². The smallest absolute Gasteiger partial charge is 0.239 e. The van der Waals surface area contributed by atoms with Crippen molar-refractivity contribution >= 4 is 43.6 Å². The van der Waals surface area contributed by atoms with Crippen molar-refractivity contribution in [3.8, 4) is 11.5 Å². The number of thiophene rings is 1. The van der Waals surface area contributed by atoms with Gasteiger partial charge in [-0.25, -0.2) is 8.42 Å². The molecule has 0 radical (unpaired) electrons. The molecule has 0 saturated carbocycles. The predicted octanol–water partition coefficient (Wildman–Crippen LogP) is 14.9. The van der Waals surface area contributed by atoms with Crippen molar-refractivity contribution in [2.24, 2.45) is 0 Å². The molecule has 1 aromatic carbocycles. The average Bonchev–Trinajstić information content (AvgIpc) is 3.86. The fourth-order valence-electron chi connectivity index (χ4n) is 10.7. The molecule has 392 valence electrons. The molecule has 3 heterocycles. The predicted molar refractivity (Wildman–Crippen MR) is 288 cm³/mol. The summed E-state index contributed by atoms with van der Waals surface area (Å²) in [5.74, 6) is 0.991. The molecule has 2 aliphatic rings. The molecule has 3 atom stereocenters. The molecule has 69 heavy (non-hydrogen) atoms. The number of hydrogen-bond donors (Lipinski definition) is 1. The fourth-order valence-corrected chi connectivity index (χ4v) is 12.7. The Labute approximate surface area is 424 Å². The van der Waals surface area contributed by atoms with Crippen molar-refractivity contribution in [2.75, 3.05) is 50.7 Å². The number of unbranched alkanes of at least 4 members (excludes halogenated alkanes) is 22. The zero-order valence-electron chi connectivity index (χ0n) is 44.1. The first-order valence-corrected chi connectivity index (χ1v) is 30.9. The molecule has 0 spiro atoms. The van der Waals surface area contributed by atoms with Crippen molar-refractivity contribution in [2.45, 2.75) is 238 Å². The van der Waals surface area contributed by atoms with Crippen LogP contribution in [-0.4, -0.2) is 81.1 Å².